The maximum Gasteiger partial charge on any atom is 0.166 e. The molecule has 3 nitrogen and oxygen atoms in total. The van der Waals surface area contributed by atoms with Gasteiger partial charge in [0.2, 0.25) is 0 Å². The molecule has 1 aromatic heterocycles. The van der Waals surface area contributed by atoms with Crippen LogP contribution in [0.25, 0.3) is 5.57 Å². The fraction of sp³-hybridized carbons (Fsp3) is 0. The van der Waals surface area contributed by atoms with Crippen molar-refractivity contribution in [3.05, 3.63) is 49.0 Å². The maximum atomic E-state index is 4.99. The van der Waals surface area contributed by atoms with Gasteiger partial charge < -0.3 is 4.74 Å². The van der Waals surface area contributed by atoms with Crippen LogP contribution in [-0.2, 0) is 4.74 Å². The highest BCUT2D eigenvalue weighted by molar-refractivity contribution is 5.69. The second-order valence-electron chi connectivity index (χ2n) is 2.31. The number of hydrogen-bond acceptors (Lipinski definition) is 3. The summed E-state index contributed by atoms with van der Waals surface area (Å²) in [6.07, 6.45) is 7.00. The molecule has 0 fully saturated rings. The van der Waals surface area contributed by atoms with Crippen molar-refractivity contribution in [2.45, 2.75) is 0 Å². The number of nitrogens with zero attached hydrogens (tertiary/aromatic N) is 2. The molecule has 1 aromatic rings. The molecule has 0 aromatic carbocycles. The summed E-state index contributed by atoms with van der Waals surface area (Å²) < 4.78 is 4.99. The average molecular weight is 159 g/mol. The molecule has 0 amide bonds. The third-order valence-corrected chi connectivity index (χ3v) is 1.50. The summed E-state index contributed by atoms with van der Waals surface area (Å²) in [7, 11) is 0. The van der Waals surface area contributed by atoms with Crippen LogP contribution in [0.5, 0.6) is 0 Å². The third kappa shape index (κ3) is 1.34. The van der Waals surface area contributed by atoms with Crippen molar-refractivity contribution in [3.8, 4) is 0 Å². The van der Waals surface area contributed by atoms with Crippen LogP contribution >= 0.6 is 0 Å². The highest BCUT2D eigenvalue weighted by atomic mass is 16.5. The molecular weight excluding hydrogens is 152 g/mol. The Kier molecular flexibility index (Phi) is 1.86. The Balaban J connectivity index is 2.31. The molecule has 0 N–H and O–H groups in total. The molecule has 0 bridgehead atoms. The molecule has 3 heteroatoms. The van der Waals surface area contributed by atoms with Crippen LogP contribution in [0.1, 0.15) is 5.69 Å². The minimum atomic E-state index is 0.821. The lowest BCUT2D eigenvalue weighted by molar-refractivity contribution is 0.359. The molecule has 59 valence electrons. The minimum absolute atomic E-state index is 0.821. The summed E-state index contributed by atoms with van der Waals surface area (Å²) in [4.78, 5) is 0. The van der Waals surface area contributed by atoms with Gasteiger partial charge in [0.1, 0.15) is 0 Å². The average Bonchev–Trinajstić information content (AvgIpc) is 2.21. The van der Waals surface area contributed by atoms with Crippen LogP contribution in [-0.4, -0.2) is 10.2 Å². The smallest absolute Gasteiger partial charge is 0.166 e. The SMILES string of the molecule is [CH]1OC=CC=C1c1cccnn1. The predicted octanol–water partition coefficient (Wildman–Crippen LogP) is 1.57. The van der Waals surface area contributed by atoms with E-state index < -0.39 is 0 Å². The van der Waals surface area contributed by atoms with E-state index in [9.17, 15) is 0 Å². The van der Waals surface area contributed by atoms with E-state index in [4.69, 9.17) is 4.74 Å². The van der Waals surface area contributed by atoms with Gasteiger partial charge in [-0.15, -0.1) is 0 Å². The number of ether oxygens (including phenoxy) is 1. The molecule has 0 saturated carbocycles. The fourth-order valence-electron chi connectivity index (χ4n) is 0.941. The molecular formula is C9H7N2O. The van der Waals surface area contributed by atoms with E-state index in [-0.39, 0.29) is 0 Å². The van der Waals surface area contributed by atoms with Crippen molar-refractivity contribution in [1.82, 2.24) is 10.2 Å². The van der Waals surface area contributed by atoms with Gasteiger partial charge in [0.05, 0.1) is 12.0 Å². The van der Waals surface area contributed by atoms with Gasteiger partial charge in [0, 0.05) is 11.8 Å². The zero-order valence-corrected chi connectivity index (χ0v) is 6.34. The van der Waals surface area contributed by atoms with Gasteiger partial charge >= 0.3 is 0 Å². The van der Waals surface area contributed by atoms with Gasteiger partial charge in [0.15, 0.2) is 6.61 Å². The monoisotopic (exact) mass is 159 g/mol. The lowest BCUT2D eigenvalue weighted by atomic mass is 10.1. The minimum Gasteiger partial charge on any atom is -0.489 e. The Hall–Kier alpha value is -1.64. The first-order chi connectivity index (χ1) is 5.97. The van der Waals surface area contributed by atoms with E-state index in [1.165, 1.54) is 0 Å². The second kappa shape index (κ2) is 3.17. The van der Waals surface area contributed by atoms with Gasteiger partial charge in [0.25, 0.3) is 0 Å². The van der Waals surface area contributed by atoms with Crippen molar-refractivity contribution in [2.75, 3.05) is 0 Å². The molecule has 0 spiro atoms. The summed E-state index contributed by atoms with van der Waals surface area (Å²) in [5, 5.41) is 7.71. The predicted molar refractivity (Wildman–Crippen MR) is 44.5 cm³/mol. The van der Waals surface area contributed by atoms with Crippen LogP contribution < -0.4 is 0 Å². The van der Waals surface area contributed by atoms with Crippen LogP contribution in [0, 0.1) is 6.61 Å². The highest BCUT2D eigenvalue weighted by Gasteiger charge is 2.04. The highest BCUT2D eigenvalue weighted by Crippen LogP contribution is 2.17. The molecule has 1 radical (unpaired) electrons. The zero-order chi connectivity index (χ0) is 8.23. The quantitative estimate of drug-likeness (QED) is 0.623. The summed E-state index contributed by atoms with van der Waals surface area (Å²) in [6, 6.07) is 3.73. The molecule has 0 aliphatic carbocycles. The van der Waals surface area contributed by atoms with E-state index >= 15 is 0 Å². The third-order valence-electron chi connectivity index (χ3n) is 1.50. The van der Waals surface area contributed by atoms with Gasteiger partial charge in [-0.05, 0) is 24.3 Å². The molecule has 1 aliphatic rings. The summed E-state index contributed by atoms with van der Waals surface area (Å²) >= 11 is 0. The van der Waals surface area contributed by atoms with Crippen molar-refractivity contribution >= 4 is 5.57 Å². The summed E-state index contributed by atoms with van der Waals surface area (Å²) in [6.45, 7) is 1.64. The first-order valence-corrected chi connectivity index (χ1v) is 3.60. The van der Waals surface area contributed by atoms with Crippen molar-refractivity contribution in [3.63, 3.8) is 0 Å². The number of allylic oxidation sites excluding steroid dienone is 2. The Morgan fingerprint density at radius 1 is 1.33 bits per heavy atom. The number of rotatable bonds is 1. The van der Waals surface area contributed by atoms with E-state index in [1.54, 1.807) is 19.1 Å². The largest absolute Gasteiger partial charge is 0.489 e. The van der Waals surface area contributed by atoms with E-state index in [0.29, 0.717) is 0 Å². The first-order valence-electron chi connectivity index (χ1n) is 3.60. The van der Waals surface area contributed by atoms with Crippen LogP contribution in [0.15, 0.2) is 36.7 Å². The summed E-state index contributed by atoms with van der Waals surface area (Å²) in [5.74, 6) is 0. The van der Waals surface area contributed by atoms with Crippen molar-refractivity contribution in [2.24, 2.45) is 0 Å². The van der Waals surface area contributed by atoms with Crippen molar-refractivity contribution in [1.29, 1.82) is 0 Å². The first kappa shape index (κ1) is 7.03. The molecule has 1 aliphatic heterocycles. The van der Waals surface area contributed by atoms with E-state index in [0.717, 1.165) is 11.3 Å². The maximum absolute atomic E-state index is 4.99. The Morgan fingerprint density at radius 2 is 2.33 bits per heavy atom. The van der Waals surface area contributed by atoms with Gasteiger partial charge in [-0.1, -0.05) is 0 Å². The topological polar surface area (TPSA) is 35.0 Å². The Bertz CT molecular complexity index is 317. The molecule has 0 unspecified atom stereocenters. The Labute approximate surface area is 70.4 Å². The number of aromatic nitrogens is 2. The fourth-order valence-corrected chi connectivity index (χ4v) is 0.941. The van der Waals surface area contributed by atoms with Gasteiger partial charge in [-0.3, -0.25) is 0 Å². The molecule has 12 heavy (non-hydrogen) atoms. The van der Waals surface area contributed by atoms with Gasteiger partial charge in [-0.25, -0.2) is 0 Å². The molecule has 0 saturated heterocycles. The zero-order valence-electron chi connectivity index (χ0n) is 6.34. The van der Waals surface area contributed by atoms with Crippen molar-refractivity contribution < 1.29 is 4.74 Å². The Morgan fingerprint density at radius 3 is 3.00 bits per heavy atom. The lowest BCUT2D eigenvalue weighted by Gasteiger charge is -2.06. The van der Waals surface area contributed by atoms with Crippen LogP contribution in [0.2, 0.25) is 0 Å². The van der Waals surface area contributed by atoms with Crippen LogP contribution in [0.4, 0.5) is 0 Å². The van der Waals surface area contributed by atoms with E-state index in [2.05, 4.69) is 10.2 Å². The molecule has 2 heterocycles. The normalized spacial score (nSPS) is 15.2. The standard InChI is InChI=1S/C9H7N2O/c1-4-9(11-10-5-1)8-3-2-6-12-7-8/h1-7H. The lowest BCUT2D eigenvalue weighted by Crippen LogP contribution is -1.94. The molecule has 2 rings (SSSR count). The number of hydrogen-bond donors (Lipinski definition) is 0. The molecule has 0 atom stereocenters. The summed E-state index contributed by atoms with van der Waals surface area (Å²) in [5.41, 5.74) is 1.76. The van der Waals surface area contributed by atoms with E-state index in [1.807, 2.05) is 24.3 Å². The second-order valence-corrected chi connectivity index (χ2v) is 2.31. The van der Waals surface area contributed by atoms with Crippen LogP contribution in [0.3, 0.4) is 0 Å². The van der Waals surface area contributed by atoms with Gasteiger partial charge in [-0.2, -0.15) is 10.2 Å².